The molecule has 0 aliphatic carbocycles. The first-order valence-corrected chi connectivity index (χ1v) is 9.65. The summed E-state index contributed by atoms with van der Waals surface area (Å²) in [6.45, 7) is 11.4. The highest BCUT2D eigenvalue weighted by atomic mass is 79.9. The second kappa shape index (κ2) is 7.62. The quantitative estimate of drug-likeness (QED) is 0.673. The summed E-state index contributed by atoms with van der Waals surface area (Å²) in [5, 5.41) is 13.9. The number of nitriles is 1. The van der Waals surface area contributed by atoms with Gasteiger partial charge in [0.1, 0.15) is 27.4 Å². The lowest BCUT2D eigenvalue weighted by molar-refractivity contribution is -0.000397. The Morgan fingerprint density at radius 2 is 1.71 bits per heavy atom. The van der Waals surface area contributed by atoms with Crippen LogP contribution in [0.3, 0.4) is 0 Å². The minimum Gasteiger partial charge on any atom is -0.444 e. The molecular formula is C18H26BrN5O4. The number of anilines is 1. The molecule has 10 heteroatoms. The van der Waals surface area contributed by atoms with Gasteiger partial charge in [-0.05, 0) is 57.5 Å². The molecular weight excluding hydrogens is 430 g/mol. The Morgan fingerprint density at radius 1 is 1.18 bits per heavy atom. The van der Waals surface area contributed by atoms with E-state index in [1.807, 2.05) is 0 Å². The molecule has 9 nitrogen and oxygen atoms in total. The van der Waals surface area contributed by atoms with Crippen LogP contribution in [0.25, 0.3) is 0 Å². The van der Waals surface area contributed by atoms with Gasteiger partial charge in [-0.15, -0.1) is 0 Å². The van der Waals surface area contributed by atoms with Gasteiger partial charge in [0.05, 0.1) is 6.04 Å². The third-order valence-electron chi connectivity index (χ3n) is 3.80. The van der Waals surface area contributed by atoms with Crippen molar-refractivity contribution in [1.82, 2.24) is 14.7 Å². The van der Waals surface area contributed by atoms with E-state index < -0.39 is 23.4 Å². The monoisotopic (exact) mass is 455 g/mol. The molecule has 0 radical (unpaired) electrons. The van der Waals surface area contributed by atoms with E-state index >= 15 is 0 Å². The second-order valence-corrected chi connectivity index (χ2v) is 9.38. The lowest BCUT2D eigenvalue weighted by Crippen LogP contribution is -2.53. The van der Waals surface area contributed by atoms with E-state index in [4.69, 9.17) is 9.47 Å². The molecule has 0 aromatic carbocycles. The molecule has 0 N–H and O–H groups in total. The Balaban J connectivity index is 2.22. The first-order valence-electron chi connectivity index (χ1n) is 8.86. The molecule has 0 spiro atoms. The third kappa shape index (κ3) is 4.95. The van der Waals surface area contributed by atoms with Gasteiger partial charge in [-0.1, -0.05) is 0 Å². The molecule has 2 rings (SSSR count). The zero-order valence-electron chi connectivity index (χ0n) is 17.2. The molecule has 1 saturated heterocycles. The van der Waals surface area contributed by atoms with Gasteiger partial charge in [-0.3, -0.25) is 4.90 Å². The van der Waals surface area contributed by atoms with Gasteiger partial charge >= 0.3 is 12.2 Å². The lowest BCUT2D eigenvalue weighted by atomic mass is 10.1. The first kappa shape index (κ1) is 22.0. The average molecular weight is 456 g/mol. The van der Waals surface area contributed by atoms with Crippen molar-refractivity contribution in [2.24, 2.45) is 0 Å². The molecule has 1 aliphatic heterocycles. The Morgan fingerprint density at radius 3 is 2.18 bits per heavy atom. The normalized spacial score (nSPS) is 14.9. The Hall–Kier alpha value is -2.28. The molecule has 2 amide bonds. The van der Waals surface area contributed by atoms with Crippen LogP contribution in [0.4, 0.5) is 15.4 Å². The average Bonchev–Trinajstić information content (AvgIpc) is 2.77. The van der Waals surface area contributed by atoms with E-state index in [9.17, 15) is 14.9 Å². The summed E-state index contributed by atoms with van der Waals surface area (Å²) in [7, 11) is 1.53. The van der Waals surface area contributed by atoms with Crippen molar-refractivity contribution in [3.63, 3.8) is 0 Å². The van der Waals surface area contributed by atoms with Crippen LogP contribution in [0.5, 0.6) is 0 Å². The number of nitrogens with zero attached hydrogens (tertiary/aromatic N) is 5. The van der Waals surface area contributed by atoms with Crippen molar-refractivity contribution < 1.29 is 19.1 Å². The molecule has 0 atom stereocenters. The van der Waals surface area contributed by atoms with Crippen LogP contribution in [0.1, 0.15) is 53.1 Å². The fourth-order valence-electron chi connectivity index (χ4n) is 2.57. The van der Waals surface area contributed by atoms with E-state index in [0.29, 0.717) is 23.5 Å². The predicted molar refractivity (Wildman–Crippen MR) is 106 cm³/mol. The van der Waals surface area contributed by atoms with Crippen LogP contribution >= 0.6 is 15.9 Å². The van der Waals surface area contributed by atoms with E-state index in [2.05, 4.69) is 27.1 Å². The van der Waals surface area contributed by atoms with Gasteiger partial charge in [0.25, 0.3) is 0 Å². The third-order valence-corrected chi connectivity index (χ3v) is 4.35. The van der Waals surface area contributed by atoms with Crippen LogP contribution in [0.2, 0.25) is 0 Å². The number of amides is 2. The minimum atomic E-state index is -0.676. The number of aromatic nitrogens is 2. The maximum absolute atomic E-state index is 12.5. The van der Waals surface area contributed by atoms with E-state index in [1.54, 1.807) is 51.1 Å². The summed E-state index contributed by atoms with van der Waals surface area (Å²) in [6, 6.07) is 1.88. The molecule has 2 heterocycles. The van der Waals surface area contributed by atoms with Crippen LogP contribution in [0, 0.1) is 11.3 Å². The van der Waals surface area contributed by atoms with E-state index in [-0.39, 0.29) is 11.6 Å². The predicted octanol–water partition coefficient (Wildman–Crippen LogP) is 3.68. The molecule has 0 saturated carbocycles. The highest BCUT2D eigenvalue weighted by Crippen LogP contribution is 2.34. The fourth-order valence-corrected chi connectivity index (χ4v) is 3.01. The number of hydrogen-bond donors (Lipinski definition) is 0. The number of rotatable bonds is 2. The van der Waals surface area contributed by atoms with Crippen molar-refractivity contribution in [2.45, 2.75) is 58.8 Å². The summed E-state index contributed by atoms with van der Waals surface area (Å²) in [5.74, 6) is 0.317. The maximum atomic E-state index is 12.5. The van der Waals surface area contributed by atoms with Gasteiger partial charge in [0.2, 0.25) is 0 Å². The minimum absolute atomic E-state index is 0.189. The largest absolute Gasteiger partial charge is 0.444 e. The van der Waals surface area contributed by atoms with Crippen molar-refractivity contribution in [1.29, 1.82) is 5.26 Å². The van der Waals surface area contributed by atoms with Gasteiger partial charge < -0.3 is 14.4 Å². The highest BCUT2D eigenvalue weighted by Gasteiger charge is 2.39. The topological polar surface area (TPSA) is 101 Å². The smallest absolute Gasteiger partial charge is 0.415 e. The number of ether oxygens (including phenoxy) is 2. The van der Waals surface area contributed by atoms with Crippen molar-refractivity contribution in [2.75, 3.05) is 25.0 Å². The molecule has 1 aromatic heterocycles. The molecule has 1 aliphatic rings. The van der Waals surface area contributed by atoms with Crippen molar-refractivity contribution >= 4 is 33.9 Å². The summed E-state index contributed by atoms with van der Waals surface area (Å²) >= 11 is 3.27. The molecule has 0 unspecified atom stereocenters. The van der Waals surface area contributed by atoms with Gasteiger partial charge in [-0.2, -0.15) is 10.4 Å². The molecule has 28 heavy (non-hydrogen) atoms. The number of halogens is 1. The van der Waals surface area contributed by atoms with Gasteiger partial charge in [0.15, 0.2) is 5.82 Å². The second-order valence-electron chi connectivity index (χ2n) is 8.62. The van der Waals surface area contributed by atoms with Crippen molar-refractivity contribution in [3.05, 3.63) is 10.2 Å². The first-order chi connectivity index (χ1) is 12.7. The van der Waals surface area contributed by atoms with Crippen LogP contribution < -0.4 is 4.90 Å². The Bertz CT molecular complexity index is 810. The lowest BCUT2D eigenvalue weighted by Gasteiger charge is -2.40. The van der Waals surface area contributed by atoms with Crippen LogP contribution in [0.15, 0.2) is 4.60 Å². The number of carbonyl (C=O) groups excluding carboxylic acids is 2. The SMILES string of the molecule is CN(C(=O)OC(C)(C)C)c1c(C#N)c(Br)nn1C1CN(C(=O)OC(C)(C)C)C1. The molecule has 1 aromatic rings. The molecule has 154 valence electrons. The molecule has 1 fully saturated rings. The van der Waals surface area contributed by atoms with Crippen LogP contribution in [-0.4, -0.2) is 58.2 Å². The fraction of sp³-hybridized carbons (Fsp3) is 0.667. The number of hydrogen-bond acceptors (Lipinski definition) is 6. The van der Waals surface area contributed by atoms with Crippen molar-refractivity contribution in [3.8, 4) is 6.07 Å². The Labute approximate surface area is 173 Å². The van der Waals surface area contributed by atoms with E-state index in [0.717, 1.165) is 0 Å². The summed E-state index contributed by atoms with van der Waals surface area (Å²) < 4.78 is 12.7. The summed E-state index contributed by atoms with van der Waals surface area (Å²) in [5.41, 5.74) is -1.03. The number of likely N-dealkylation sites (tertiary alicyclic amines) is 1. The van der Waals surface area contributed by atoms with Gasteiger partial charge in [0, 0.05) is 20.1 Å². The zero-order valence-corrected chi connectivity index (χ0v) is 18.8. The standard InChI is InChI=1S/C18H26BrN5O4/c1-17(2,3)27-15(25)22(7)14-12(8-20)13(19)21-24(14)11-9-23(10-11)16(26)28-18(4,5)6/h11H,9-10H2,1-7H3. The Kier molecular flexibility index (Phi) is 5.99. The zero-order chi connectivity index (χ0) is 21.4. The maximum Gasteiger partial charge on any atom is 0.415 e. The molecule has 0 bridgehead atoms. The summed E-state index contributed by atoms with van der Waals surface area (Å²) in [6.07, 6.45) is -1.00. The number of carbonyl (C=O) groups is 2. The highest BCUT2D eigenvalue weighted by molar-refractivity contribution is 9.10. The summed E-state index contributed by atoms with van der Waals surface area (Å²) in [4.78, 5) is 27.5. The van der Waals surface area contributed by atoms with Crippen LogP contribution in [-0.2, 0) is 9.47 Å². The van der Waals surface area contributed by atoms with Gasteiger partial charge in [-0.25, -0.2) is 14.3 Å². The van der Waals surface area contributed by atoms with E-state index in [1.165, 1.54) is 11.9 Å².